The van der Waals surface area contributed by atoms with Crippen molar-refractivity contribution in [2.75, 3.05) is 7.11 Å². The molecule has 19 heavy (non-hydrogen) atoms. The molecule has 2 saturated carbocycles. The fraction of sp³-hybridized carbons (Fsp3) is 0.643. The van der Waals surface area contributed by atoms with E-state index in [-0.39, 0.29) is 0 Å². The van der Waals surface area contributed by atoms with Crippen molar-refractivity contribution in [1.29, 1.82) is 5.26 Å². The third kappa shape index (κ3) is 1.86. The second kappa shape index (κ2) is 4.31. The van der Waals surface area contributed by atoms with Crippen molar-refractivity contribution in [3.63, 3.8) is 0 Å². The summed E-state index contributed by atoms with van der Waals surface area (Å²) in [6.45, 7) is 0. The number of aromatic nitrogens is 1. The molecule has 2 aliphatic carbocycles. The molecule has 1 aromatic heterocycles. The van der Waals surface area contributed by atoms with Crippen LogP contribution in [-0.2, 0) is 10.2 Å². The highest BCUT2D eigenvalue weighted by Gasteiger charge is 2.58. The minimum Gasteiger partial charge on any atom is -0.464 e. The molecule has 0 saturated heterocycles. The van der Waals surface area contributed by atoms with Crippen molar-refractivity contribution in [2.45, 2.75) is 43.9 Å². The average molecular weight is 276 g/mol. The van der Waals surface area contributed by atoms with Crippen molar-refractivity contribution >= 4 is 17.3 Å². The lowest BCUT2D eigenvalue weighted by Gasteiger charge is -2.50. The number of ether oxygens (including phenoxy) is 1. The molecule has 0 aliphatic heterocycles. The third-order valence-corrected chi connectivity index (χ3v) is 5.59. The quantitative estimate of drug-likeness (QED) is 0.779. The van der Waals surface area contributed by atoms with Crippen LogP contribution in [0, 0.1) is 16.7 Å². The van der Waals surface area contributed by atoms with Crippen LogP contribution in [0.4, 0.5) is 0 Å². The van der Waals surface area contributed by atoms with Crippen LogP contribution < -0.4 is 0 Å². The predicted molar refractivity (Wildman–Crippen MR) is 70.9 cm³/mol. The highest BCUT2D eigenvalue weighted by atomic mass is 32.1. The first-order valence-corrected chi connectivity index (χ1v) is 7.47. The predicted octanol–water partition coefficient (Wildman–Crippen LogP) is 3.05. The molecule has 2 fully saturated rings. The van der Waals surface area contributed by atoms with Crippen molar-refractivity contribution in [2.24, 2.45) is 5.41 Å². The summed E-state index contributed by atoms with van der Waals surface area (Å²) in [6, 6.07) is 2.45. The van der Waals surface area contributed by atoms with Crippen LogP contribution in [0.5, 0.6) is 0 Å². The number of hydrogen-bond acceptors (Lipinski definition) is 5. The Kier molecular flexibility index (Phi) is 2.86. The molecular formula is C14H16N2O2S. The molecule has 1 heterocycles. The largest absolute Gasteiger partial charge is 0.464 e. The van der Waals surface area contributed by atoms with Gasteiger partial charge in [-0.1, -0.05) is 12.8 Å². The molecular weight excluding hydrogens is 260 g/mol. The number of nitrogens with zero attached hydrogens (tertiary/aromatic N) is 2. The molecule has 0 N–H and O–H groups in total. The Bertz CT molecular complexity index is 544. The highest BCUT2D eigenvalue weighted by Crippen LogP contribution is 2.62. The van der Waals surface area contributed by atoms with E-state index in [0.717, 1.165) is 17.8 Å². The Balaban J connectivity index is 1.83. The Morgan fingerprint density at radius 1 is 1.47 bits per heavy atom. The average Bonchev–Trinajstić information content (AvgIpc) is 3.04. The molecule has 2 aliphatic rings. The summed E-state index contributed by atoms with van der Waals surface area (Å²) in [7, 11) is 1.35. The van der Waals surface area contributed by atoms with Crippen LogP contribution in [0.2, 0.25) is 0 Å². The van der Waals surface area contributed by atoms with Gasteiger partial charge in [0.1, 0.15) is 10.4 Å². The Labute approximate surface area is 116 Å². The maximum Gasteiger partial charge on any atom is 0.357 e. The lowest BCUT2D eigenvalue weighted by molar-refractivity contribution is 0.0584. The van der Waals surface area contributed by atoms with Crippen LogP contribution in [0.25, 0.3) is 0 Å². The van der Waals surface area contributed by atoms with Gasteiger partial charge in [-0.25, -0.2) is 9.78 Å². The molecule has 3 rings (SSSR count). The van der Waals surface area contributed by atoms with Crippen LogP contribution >= 0.6 is 11.3 Å². The molecule has 0 bridgehead atoms. The van der Waals surface area contributed by atoms with Gasteiger partial charge in [0.05, 0.1) is 13.2 Å². The molecule has 1 spiro atoms. The maximum absolute atomic E-state index is 11.4. The number of hydrogen-bond donors (Lipinski definition) is 0. The molecule has 100 valence electrons. The van der Waals surface area contributed by atoms with Crippen molar-refractivity contribution in [3.05, 3.63) is 16.1 Å². The lowest BCUT2D eigenvalue weighted by atomic mass is 9.53. The summed E-state index contributed by atoms with van der Waals surface area (Å²) in [6.07, 6.45) is 6.87. The second-order valence-electron chi connectivity index (χ2n) is 5.78. The maximum atomic E-state index is 11.4. The van der Waals surface area contributed by atoms with Gasteiger partial charge in [0, 0.05) is 5.38 Å². The second-order valence-corrected chi connectivity index (χ2v) is 6.64. The number of nitriles is 1. The van der Waals surface area contributed by atoms with Crippen LogP contribution in [-0.4, -0.2) is 18.1 Å². The smallest absolute Gasteiger partial charge is 0.357 e. The lowest BCUT2D eigenvalue weighted by Crippen LogP contribution is -2.47. The molecule has 0 radical (unpaired) electrons. The number of rotatable bonds is 2. The van der Waals surface area contributed by atoms with E-state index in [2.05, 4.69) is 15.8 Å². The van der Waals surface area contributed by atoms with Gasteiger partial charge in [-0.15, -0.1) is 11.3 Å². The molecule has 0 aromatic carbocycles. The van der Waals surface area contributed by atoms with E-state index in [0.29, 0.717) is 11.1 Å². The number of esters is 1. The Morgan fingerprint density at radius 3 is 2.74 bits per heavy atom. The van der Waals surface area contributed by atoms with Crippen LogP contribution in [0.3, 0.4) is 0 Å². The van der Waals surface area contributed by atoms with E-state index < -0.39 is 11.4 Å². The fourth-order valence-corrected chi connectivity index (χ4v) is 4.62. The monoisotopic (exact) mass is 276 g/mol. The molecule has 0 unspecified atom stereocenters. The van der Waals surface area contributed by atoms with Gasteiger partial charge in [0.25, 0.3) is 0 Å². The zero-order valence-electron chi connectivity index (χ0n) is 10.9. The van der Waals surface area contributed by atoms with Gasteiger partial charge >= 0.3 is 5.97 Å². The Morgan fingerprint density at radius 2 is 2.16 bits per heavy atom. The topological polar surface area (TPSA) is 63.0 Å². The standard InChI is InChI=1S/C14H16N2O2S/c1-18-11(17)10-6-19-12(16-10)14(9-15)7-13(8-14)4-2-3-5-13/h6H,2-5,7-8H2,1H3. The molecule has 4 nitrogen and oxygen atoms in total. The molecule has 0 atom stereocenters. The summed E-state index contributed by atoms with van der Waals surface area (Å²) < 4.78 is 4.66. The minimum absolute atomic E-state index is 0.324. The van der Waals surface area contributed by atoms with Crippen LogP contribution in [0.15, 0.2) is 5.38 Å². The highest BCUT2D eigenvalue weighted by molar-refractivity contribution is 7.10. The SMILES string of the molecule is COC(=O)c1csc(C2(C#N)CC3(CCCC3)C2)n1. The van der Waals surface area contributed by atoms with E-state index in [4.69, 9.17) is 0 Å². The van der Waals surface area contributed by atoms with E-state index >= 15 is 0 Å². The molecule has 5 heteroatoms. The van der Waals surface area contributed by atoms with Crippen molar-refractivity contribution in [3.8, 4) is 6.07 Å². The van der Waals surface area contributed by atoms with Gasteiger partial charge in [-0.2, -0.15) is 5.26 Å². The number of carbonyl (C=O) groups excluding carboxylic acids is 1. The van der Waals surface area contributed by atoms with Crippen molar-refractivity contribution in [1.82, 2.24) is 4.98 Å². The van der Waals surface area contributed by atoms with Crippen LogP contribution in [0.1, 0.15) is 54.0 Å². The number of carbonyl (C=O) groups is 1. The Hall–Kier alpha value is -1.41. The first-order chi connectivity index (χ1) is 9.13. The van der Waals surface area contributed by atoms with E-state index in [1.54, 1.807) is 5.38 Å². The van der Waals surface area contributed by atoms with Gasteiger partial charge in [0.2, 0.25) is 0 Å². The summed E-state index contributed by atoms with van der Waals surface area (Å²) in [5.41, 5.74) is 0.248. The summed E-state index contributed by atoms with van der Waals surface area (Å²) >= 11 is 1.41. The van der Waals surface area contributed by atoms with Gasteiger partial charge in [-0.05, 0) is 31.1 Å². The van der Waals surface area contributed by atoms with E-state index in [9.17, 15) is 10.1 Å². The minimum atomic E-state index is -0.457. The fourth-order valence-electron chi connectivity index (χ4n) is 3.68. The first-order valence-electron chi connectivity index (χ1n) is 6.59. The summed E-state index contributed by atoms with van der Waals surface area (Å²) in [5.74, 6) is -0.425. The van der Waals surface area contributed by atoms with E-state index in [1.807, 2.05) is 0 Å². The summed E-state index contributed by atoms with van der Waals surface area (Å²) in [5, 5.41) is 12.0. The zero-order chi connectivity index (χ0) is 13.5. The zero-order valence-corrected chi connectivity index (χ0v) is 11.8. The van der Waals surface area contributed by atoms with Gasteiger partial charge in [0.15, 0.2) is 5.69 Å². The molecule has 1 aromatic rings. The summed E-state index contributed by atoms with van der Waals surface area (Å²) in [4.78, 5) is 15.8. The number of methoxy groups -OCH3 is 1. The first kappa shape index (κ1) is 12.6. The normalized spacial score (nSPS) is 22.7. The van der Waals surface area contributed by atoms with E-state index in [1.165, 1.54) is 44.1 Å². The van der Waals surface area contributed by atoms with Gasteiger partial charge < -0.3 is 4.74 Å². The van der Waals surface area contributed by atoms with Crippen molar-refractivity contribution < 1.29 is 9.53 Å². The number of thiazole rings is 1. The third-order valence-electron chi connectivity index (χ3n) is 4.54. The molecule has 0 amide bonds. The van der Waals surface area contributed by atoms with Gasteiger partial charge in [-0.3, -0.25) is 0 Å².